The van der Waals surface area contributed by atoms with Crippen molar-refractivity contribution in [1.82, 2.24) is 15.5 Å². The van der Waals surface area contributed by atoms with Gasteiger partial charge in [-0.25, -0.2) is 0 Å². The molecule has 0 aliphatic carbocycles. The van der Waals surface area contributed by atoms with Gasteiger partial charge in [0.05, 0.1) is 6.54 Å². The lowest BCUT2D eigenvalue weighted by molar-refractivity contribution is -0.136. The Bertz CT molecular complexity index is 232. The van der Waals surface area contributed by atoms with E-state index in [1.165, 1.54) is 0 Å². The van der Waals surface area contributed by atoms with Gasteiger partial charge in [0.25, 0.3) is 0 Å². The fourth-order valence-corrected chi connectivity index (χ4v) is 1.45. The molecule has 0 aliphatic heterocycles. The summed E-state index contributed by atoms with van der Waals surface area (Å²) < 4.78 is 0. The van der Waals surface area contributed by atoms with E-state index in [2.05, 4.69) is 10.6 Å². The molecule has 0 aromatic rings. The molecule has 0 aromatic heterocycles. The summed E-state index contributed by atoms with van der Waals surface area (Å²) in [7, 11) is 1.81. The second-order valence-electron chi connectivity index (χ2n) is 4.02. The van der Waals surface area contributed by atoms with Gasteiger partial charge in [0.2, 0.25) is 11.8 Å². The van der Waals surface area contributed by atoms with Crippen molar-refractivity contribution in [2.75, 3.05) is 33.2 Å². The summed E-state index contributed by atoms with van der Waals surface area (Å²) >= 11 is 0. The molecule has 17 heavy (non-hydrogen) atoms. The Morgan fingerprint density at radius 2 is 1.82 bits per heavy atom. The van der Waals surface area contributed by atoms with Gasteiger partial charge in [0.15, 0.2) is 0 Å². The van der Waals surface area contributed by atoms with E-state index >= 15 is 0 Å². The van der Waals surface area contributed by atoms with Crippen molar-refractivity contribution >= 4 is 11.8 Å². The Labute approximate surface area is 104 Å². The Kier molecular flexibility index (Phi) is 9.43. The molecule has 0 saturated carbocycles. The maximum Gasteiger partial charge on any atom is 0.239 e. The Morgan fingerprint density at radius 1 is 1.12 bits per heavy atom. The van der Waals surface area contributed by atoms with Gasteiger partial charge >= 0.3 is 0 Å². The molecule has 2 N–H and O–H groups in total. The molecule has 0 fully saturated rings. The minimum absolute atomic E-state index is 0.0350. The summed E-state index contributed by atoms with van der Waals surface area (Å²) in [4.78, 5) is 25.0. The molecule has 2 amide bonds. The van der Waals surface area contributed by atoms with Gasteiger partial charge in [-0.1, -0.05) is 13.8 Å². The number of carbonyl (C=O) groups excluding carboxylic acids is 2. The van der Waals surface area contributed by atoms with E-state index in [0.717, 1.165) is 12.8 Å². The summed E-state index contributed by atoms with van der Waals surface area (Å²) in [6.07, 6.45) is 2.22. The first-order chi connectivity index (χ1) is 8.15. The lowest BCUT2D eigenvalue weighted by atomic mass is 10.3. The summed E-state index contributed by atoms with van der Waals surface area (Å²) in [6.45, 7) is 6.14. The molecule has 5 nitrogen and oxygen atoms in total. The number of carbonyl (C=O) groups is 2. The van der Waals surface area contributed by atoms with Crippen LogP contribution in [-0.4, -0.2) is 49.9 Å². The lowest BCUT2D eigenvalue weighted by Gasteiger charge is -2.21. The highest BCUT2D eigenvalue weighted by molar-refractivity contribution is 5.84. The predicted octanol–water partition coefficient (Wildman–Crippen LogP) is 0.361. The fourth-order valence-electron chi connectivity index (χ4n) is 1.45. The molecule has 0 atom stereocenters. The van der Waals surface area contributed by atoms with Crippen LogP contribution in [-0.2, 0) is 9.59 Å². The minimum atomic E-state index is -0.0712. The van der Waals surface area contributed by atoms with Gasteiger partial charge in [0, 0.05) is 26.1 Å². The molecule has 0 spiro atoms. The maximum atomic E-state index is 11.8. The molecule has 0 saturated heterocycles. The molecule has 0 rings (SSSR count). The first-order valence-corrected chi connectivity index (χ1v) is 6.34. The summed E-state index contributed by atoms with van der Waals surface area (Å²) in [5, 5.41) is 5.72. The van der Waals surface area contributed by atoms with Crippen LogP contribution in [0.25, 0.3) is 0 Å². The summed E-state index contributed by atoms with van der Waals surface area (Å²) in [5.74, 6) is -0.0362. The van der Waals surface area contributed by atoms with E-state index in [9.17, 15) is 9.59 Å². The third-order valence-electron chi connectivity index (χ3n) is 2.34. The first-order valence-electron chi connectivity index (χ1n) is 6.34. The van der Waals surface area contributed by atoms with Gasteiger partial charge in [-0.15, -0.1) is 0 Å². The number of nitrogens with one attached hydrogen (secondary N) is 2. The Balaban J connectivity index is 4.12. The molecule has 0 unspecified atom stereocenters. The second kappa shape index (κ2) is 10.1. The van der Waals surface area contributed by atoms with Crippen LogP contribution in [0.2, 0.25) is 0 Å². The zero-order valence-electron chi connectivity index (χ0n) is 11.2. The van der Waals surface area contributed by atoms with E-state index in [4.69, 9.17) is 0 Å². The lowest BCUT2D eigenvalue weighted by Crippen LogP contribution is -2.42. The highest BCUT2D eigenvalue weighted by Gasteiger charge is 2.15. The van der Waals surface area contributed by atoms with Crippen molar-refractivity contribution in [2.24, 2.45) is 0 Å². The van der Waals surface area contributed by atoms with Crippen molar-refractivity contribution in [1.29, 1.82) is 0 Å². The van der Waals surface area contributed by atoms with Crippen LogP contribution in [0.5, 0.6) is 0 Å². The highest BCUT2D eigenvalue weighted by atomic mass is 16.2. The average molecular weight is 243 g/mol. The molecule has 0 aromatic carbocycles. The van der Waals surface area contributed by atoms with Crippen LogP contribution in [0.15, 0.2) is 0 Å². The zero-order chi connectivity index (χ0) is 13.1. The Hall–Kier alpha value is -1.10. The largest absolute Gasteiger partial charge is 0.355 e. The van der Waals surface area contributed by atoms with Crippen LogP contribution in [0.4, 0.5) is 0 Å². The first kappa shape index (κ1) is 15.9. The van der Waals surface area contributed by atoms with Crippen molar-refractivity contribution in [3.05, 3.63) is 0 Å². The van der Waals surface area contributed by atoms with Crippen LogP contribution < -0.4 is 10.6 Å². The standard InChI is InChI=1S/C12H25N3O2/c1-4-7-14-11(16)10-15(9-5-2)12(17)6-8-13-3/h13H,4-10H2,1-3H3,(H,14,16). The van der Waals surface area contributed by atoms with Gasteiger partial charge in [-0.05, 0) is 19.9 Å². The number of hydrogen-bond acceptors (Lipinski definition) is 3. The van der Waals surface area contributed by atoms with Crippen molar-refractivity contribution in [2.45, 2.75) is 33.1 Å². The number of rotatable bonds is 9. The van der Waals surface area contributed by atoms with Crippen LogP contribution in [0.1, 0.15) is 33.1 Å². The Morgan fingerprint density at radius 3 is 2.35 bits per heavy atom. The third-order valence-corrected chi connectivity index (χ3v) is 2.34. The molecule has 5 heteroatoms. The number of amides is 2. The molecule has 0 bridgehead atoms. The van der Waals surface area contributed by atoms with Gasteiger partial charge < -0.3 is 15.5 Å². The minimum Gasteiger partial charge on any atom is -0.355 e. The summed E-state index contributed by atoms with van der Waals surface area (Å²) in [5.41, 5.74) is 0. The van der Waals surface area contributed by atoms with E-state index in [0.29, 0.717) is 26.1 Å². The second-order valence-corrected chi connectivity index (χ2v) is 4.02. The van der Waals surface area contributed by atoms with Gasteiger partial charge in [-0.3, -0.25) is 9.59 Å². The quantitative estimate of drug-likeness (QED) is 0.615. The molecule has 100 valence electrons. The van der Waals surface area contributed by atoms with E-state index in [1.807, 2.05) is 20.9 Å². The van der Waals surface area contributed by atoms with Gasteiger partial charge in [0.1, 0.15) is 0 Å². The third kappa shape index (κ3) is 7.74. The van der Waals surface area contributed by atoms with E-state index in [1.54, 1.807) is 4.90 Å². The predicted molar refractivity (Wildman–Crippen MR) is 68.7 cm³/mol. The number of hydrogen-bond donors (Lipinski definition) is 2. The van der Waals surface area contributed by atoms with E-state index in [-0.39, 0.29) is 18.4 Å². The zero-order valence-corrected chi connectivity index (χ0v) is 11.2. The molecular weight excluding hydrogens is 218 g/mol. The van der Waals surface area contributed by atoms with Crippen LogP contribution in [0.3, 0.4) is 0 Å². The topological polar surface area (TPSA) is 61.4 Å². The van der Waals surface area contributed by atoms with E-state index < -0.39 is 0 Å². The van der Waals surface area contributed by atoms with Crippen molar-refractivity contribution in [3.8, 4) is 0 Å². The molecule has 0 heterocycles. The average Bonchev–Trinajstić information content (AvgIpc) is 2.32. The number of nitrogens with zero attached hydrogens (tertiary/aromatic N) is 1. The monoisotopic (exact) mass is 243 g/mol. The van der Waals surface area contributed by atoms with Crippen molar-refractivity contribution in [3.63, 3.8) is 0 Å². The normalized spacial score (nSPS) is 10.1. The smallest absolute Gasteiger partial charge is 0.239 e. The summed E-state index contributed by atoms with van der Waals surface area (Å²) in [6, 6.07) is 0. The highest BCUT2D eigenvalue weighted by Crippen LogP contribution is 1.96. The molecule has 0 radical (unpaired) electrons. The van der Waals surface area contributed by atoms with Gasteiger partial charge in [-0.2, -0.15) is 0 Å². The molecular formula is C12H25N3O2. The molecule has 0 aliphatic rings. The maximum absolute atomic E-state index is 11.8. The fraction of sp³-hybridized carbons (Fsp3) is 0.833. The SMILES string of the molecule is CCCNC(=O)CN(CCC)C(=O)CCNC. The van der Waals surface area contributed by atoms with Crippen molar-refractivity contribution < 1.29 is 9.59 Å². The van der Waals surface area contributed by atoms with Crippen LogP contribution >= 0.6 is 0 Å². The van der Waals surface area contributed by atoms with Crippen LogP contribution in [0, 0.1) is 0 Å².